The van der Waals surface area contributed by atoms with Crippen LogP contribution in [0.4, 0.5) is 0 Å². The van der Waals surface area contributed by atoms with E-state index in [-0.39, 0.29) is 17.7 Å². The molecule has 0 saturated carbocycles. The van der Waals surface area contributed by atoms with Crippen LogP contribution in [0.2, 0.25) is 0 Å². The fourth-order valence-electron chi connectivity index (χ4n) is 2.01. The van der Waals surface area contributed by atoms with E-state index in [1.54, 1.807) is 18.2 Å². The van der Waals surface area contributed by atoms with Gasteiger partial charge in [0.2, 0.25) is 0 Å². The van der Waals surface area contributed by atoms with E-state index in [9.17, 15) is 13.7 Å². The standard InChI is InChI=1S/C12H12BrNO3S/c13-10-3-1-2-4-11(10)18(15,16)12(9-14)5-7-17-8-6-12/h1-4H,5-8H2. The molecule has 1 aliphatic rings. The largest absolute Gasteiger partial charge is 0.381 e. The molecule has 0 bridgehead atoms. The van der Waals surface area contributed by atoms with Gasteiger partial charge in [-0.05, 0) is 28.1 Å². The average molecular weight is 330 g/mol. The zero-order valence-electron chi connectivity index (χ0n) is 9.60. The molecule has 0 spiro atoms. The molecule has 1 fully saturated rings. The van der Waals surface area contributed by atoms with Gasteiger partial charge in [-0.25, -0.2) is 8.42 Å². The van der Waals surface area contributed by atoms with Gasteiger partial charge in [-0.3, -0.25) is 0 Å². The third-order valence-corrected chi connectivity index (χ3v) is 6.56. The summed E-state index contributed by atoms with van der Waals surface area (Å²) >= 11 is 3.23. The van der Waals surface area contributed by atoms with Gasteiger partial charge in [0.15, 0.2) is 14.6 Å². The van der Waals surface area contributed by atoms with E-state index in [2.05, 4.69) is 15.9 Å². The number of benzene rings is 1. The summed E-state index contributed by atoms with van der Waals surface area (Å²) < 4.78 is 29.6. The number of halogens is 1. The zero-order valence-corrected chi connectivity index (χ0v) is 12.0. The summed E-state index contributed by atoms with van der Waals surface area (Å²) in [6.07, 6.45) is 0.431. The van der Waals surface area contributed by atoms with Crippen LogP contribution in [0.5, 0.6) is 0 Å². The maximum absolute atomic E-state index is 12.7. The fourth-order valence-corrected chi connectivity index (χ4v) is 4.77. The molecule has 1 heterocycles. The summed E-state index contributed by atoms with van der Waals surface area (Å²) in [6, 6.07) is 8.58. The van der Waals surface area contributed by atoms with Crippen molar-refractivity contribution in [1.29, 1.82) is 5.26 Å². The lowest BCUT2D eigenvalue weighted by molar-refractivity contribution is 0.0863. The van der Waals surface area contributed by atoms with Gasteiger partial charge >= 0.3 is 0 Å². The number of ether oxygens (including phenoxy) is 1. The highest BCUT2D eigenvalue weighted by molar-refractivity contribution is 9.10. The van der Waals surface area contributed by atoms with Gasteiger partial charge in [-0.1, -0.05) is 12.1 Å². The van der Waals surface area contributed by atoms with Gasteiger partial charge < -0.3 is 4.74 Å². The first-order valence-corrected chi connectivity index (χ1v) is 7.79. The Morgan fingerprint density at radius 2 is 1.89 bits per heavy atom. The summed E-state index contributed by atoms with van der Waals surface area (Å²) in [5, 5.41) is 9.33. The Balaban J connectivity index is 2.55. The van der Waals surface area contributed by atoms with Crippen LogP contribution in [0.1, 0.15) is 12.8 Å². The molecule has 96 valence electrons. The smallest absolute Gasteiger partial charge is 0.198 e. The minimum atomic E-state index is -3.69. The highest BCUT2D eigenvalue weighted by Gasteiger charge is 2.47. The summed E-state index contributed by atoms with van der Waals surface area (Å²) in [5.41, 5.74) is 0. The highest BCUT2D eigenvalue weighted by atomic mass is 79.9. The highest BCUT2D eigenvalue weighted by Crippen LogP contribution is 2.36. The topological polar surface area (TPSA) is 67.2 Å². The molecule has 4 nitrogen and oxygen atoms in total. The molecule has 1 saturated heterocycles. The second kappa shape index (κ2) is 5.00. The van der Waals surface area contributed by atoms with Crippen molar-refractivity contribution >= 4 is 25.8 Å². The number of rotatable bonds is 2. The first-order valence-electron chi connectivity index (χ1n) is 5.52. The Labute approximate surface area is 115 Å². The number of nitrogens with zero attached hydrogens (tertiary/aromatic N) is 1. The fraction of sp³-hybridized carbons (Fsp3) is 0.417. The van der Waals surface area contributed by atoms with E-state index < -0.39 is 14.6 Å². The summed E-state index contributed by atoms with van der Waals surface area (Å²) in [4.78, 5) is 0.174. The van der Waals surface area contributed by atoms with Crippen molar-refractivity contribution in [3.8, 4) is 6.07 Å². The summed E-state index contributed by atoms with van der Waals surface area (Å²) in [6.45, 7) is 0.606. The van der Waals surface area contributed by atoms with Crippen LogP contribution in [0.25, 0.3) is 0 Å². The second-order valence-electron chi connectivity index (χ2n) is 4.15. The molecule has 0 aromatic heterocycles. The van der Waals surface area contributed by atoms with Crippen LogP contribution in [0, 0.1) is 11.3 Å². The molecule has 0 atom stereocenters. The molecule has 0 aliphatic carbocycles. The SMILES string of the molecule is N#CC1(S(=O)(=O)c2ccccc2Br)CCOCC1. The monoisotopic (exact) mass is 329 g/mol. The van der Waals surface area contributed by atoms with Crippen LogP contribution >= 0.6 is 15.9 Å². The minimum absolute atomic E-state index is 0.174. The maximum Gasteiger partial charge on any atom is 0.198 e. The van der Waals surface area contributed by atoms with Gasteiger partial charge in [0, 0.05) is 30.5 Å². The number of hydrogen-bond acceptors (Lipinski definition) is 4. The molecular weight excluding hydrogens is 318 g/mol. The third kappa shape index (κ3) is 2.07. The second-order valence-corrected chi connectivity index (χ2v) is 7.23. The lowest BCUT2D eigenvalue weighted by atomic mass is 10.0. The van der Waals surface area contributed by atoms with E-state index in [0.29, 0.717) is 17.7 Å². The third-order valence-electron chi connectivity index (χ3n) is 3.14. The van der Waals surface area contributed by atoms with Gasteiger partial charge in [-0.2, -0.15) is 5.26 Å². The minimum Gasteiger partial charge on any atom is -0.381 e. The average Bonchev–Trinajstić information content (AvgIpc) is 2.39. The van der Waals surface area contributed by atoms with E-state index in [0.717, 1.165) is 0 Å². The van der Waals surface area contributed by atoms with E-state index in [1.807, 2.05) is 6.07 Å². The quantitative estimate of drug-likeness (QED) is 0.834. The van der Waals surface area contributed by atoms with E-state index in [4.69, 9.17) is 4.74 Å². The Morgan fingerprint density at radius 3 is 2.44 bits per heavy atom. The number of hydrogen-bond donors (Lipinski definition) is 0. The lowest BCUT2D eigenvalue weighted by Crippen LogP contribution is -2.42. The van der Waals surface area contributed by atoms with Crippen LogP contribution < -0.4 is 0 Å². The number of nitriles is 1. The summed E-state index contributed by atoms with van der Waals surface area (Å²) in [5.74, 6) is 0. The first kappa shape index (κ1) is 13.5. The van der Waals surface area contributed by atoms with Crippen molar-refractivity contribution in [2.45, 2.75) is 22.5 Å². The normalized spacial score (nSPS) is 19.1. The van der Waals surface area contributed by atoms with Crippen molar-refractivity contribution in [3.63, 3.8) is 0 Å². The van der Waals surface area contributed by atoms with Crippen molar-refractivity contribution < 1.29 is 13.2 Å². The molecule has 0 N–H and O–H groups in total. The predicted molar refractivity (Wildman–Crippen MR) is 69.7 cm³/mol. The number of sulfone groups is 1. The molecule has 0 amide bonds. The van der Waals surface area contributed by atoms with Gasteiger partial charge in [0.25, 0.3) is 0 Å². The summed E-state index contributed by atoms with van der Waals surface area (Å²) in [7, 11) is -3.69. The zero-order chi connectivity index (χ0) is 13.2. The van der Waals surface area contributed by atoms with Crippen molar-refractivity contribution in [3.05, 3.63) is 28.7 Å². The van der Waals surface area contributed by atoms with Gasteiger partial charge in [0.1, 0.15) is 0 Å². The molecule has 1 aliphatic heterocycles. The van der Waals surface area contributed by atoms with Crippen LogP contribution in [-0.2, 0) is 14.6 Å². The van der Waals surface area contributed by atoms with E-state index in [1.165, 1.54) is 6.07 Å². The first-order chi connectivity index (χ1) is 8.53. The van der Waals surface area contributed by atoms with Crippen molar-refractivity contribution in [1.82, 2.24) is 0 Å². The Bertz CT molecular complexity index is 586. The van der Waals surface area contributed by atoms with Crippen molar-refractivity contribution in [2.24, 2.45) is 0 Å². The van der Waals surface area contributed by atoms with Gasteiger partial charge in [0.05, 0.1) is 11.0 Å². The molecule has 1 aromatic rings. The predicted octanol–water partition coefficient (Wildman–Crippen LogP) is 2.30. The van der Waals surface area contributed by atoms with Gasteiger partial charge in [-0.15, -0.1) is 0 Å². The van der Waals surface area contributed by atoms with Crippen LogP contribution in [0.15, 0.2) is 33.6 Å². The van der Waals surface area contributed by atoms with Crippen molar-refractivity contribution in [2.75, 3.05) is 13.2 Å². The molecular formula is C12H12BrNO3S. The van der Waals surface area contributed by atoms with E-state index >= 15 is 0 Å². The Morgan fingerprint density at radius 1 is 1.28 bits per heavy atom. The van der Waals surface area contributed by atoms with Crippen LogP contribution in [-0.4, -0.2) is 26.4 Å². The molecule has 18 heavy (non-hydrogen) atoms. The maximum atomic E-state index is 12.7. The molecule has 1 aromatic carbocycles. The molecule has 0 radical (unpaired) electrons. The van der Waals surface area contributed by atoms with Crippen LogP contribution in [0.3, 0.4) is 0 Å². The molecule has 2 rings (SSSR count). The lowest BCUT2D eigenvalue weighted by Gasteiger charge is -2.30. The Hall–Kier alpha value is -0.900. The molecule has 0 unspecified atom stereocenters. The Kier molecular flexibility index (Phi) is 3.76. The molecule has 6 heteroatoms.